The second kappa shape index (κ2) is 5.04. The molecule has 1 aromatic carbocycles. The summed E-state index contributed by atoms with van der Waals surface area (Å²) in [5.41, 5.74) is -0.178. The summed E-state index contributed by atoms with van der Waals surface area (Å²) in [4.78, 5) is 0. The fourth-order valence-corrected chi connectivity index (χ4v) is 3.61. The van der Waals surface area contributed by atoms with E-state index in [1.54, 1.807) is 0 Å². The number of fused-ring (bicyclic) bond motifs is 2. The van der Waals surface area contributed by atoms with E-state index in [1.165, 1.54) is 37.5 Å². The summed E-state index contributed by atoms with van der Waals surface area (Å²) in [5, 5.41) is 6.14. The van der Waals surface area contributed by atoms with E-state index < -0.39 is 11.6 Å². The van der Waals surface area contributed by atoms with Gasteiger partial charge in [-0.05, 0) is 55.4 Å². The molecule has 102 valence electrons. The first-order valence-corrected chi connectivity index (χ1v) is 7.06. The summed E-state index contributed by atoms with van der Waals surface area (Å²) in [6.45, 7) is 0. The van der Waals surface area contributed by atoms with Crippen LogP contribution in [0.2, 0.25) is 0 Å². The first-order chi connectivity index (χ1) is 9.13. The Morgan fingerprint density at radius 3 is 2.47 bits per heavy atom. The minimum Gasteiger partial charge on any atom is -0.359 e. The van der Waals surface area contributed by atoms with Crippen molar-refractivity contribution in [3.8, 4) is 0 Å². The summed E-state index contributed by atoms with van der Waals surface area (Å²) < 4.78 is 27.0. The van der Waals surface area contributed by atoms with Gasteiger partial charge in [0, 0.05) is 6.04 Å². The summed E-state index contributed by atoms with van der Waals surface area (Å²) in [7, 11) is 0. The number of nitrogens with one attached hydrogen (secondary N) is 2. The van der Waals surface area contributed by atoms with E-state index in [9.17, 15) is 8.78 Å². The Hall–Kier alpha value is -1.23. The van der Waals surface area contributed by atoms with Crippen LogP contribution in [0, 0.1) is 23.5 Å². The highest BCUT2D eigenvalue weighted by Gasteiger charge is 2.39. The molecule has 0 spiro atoms. The molecule has 0 aromatic heterocycles. The molecule has 0 amide bonds. The molecule has 0 aliphatic heterocycles. The standard InChI is InChI=1S/C14H16F2N2S/c15-10-2-1-3-11(16)13(10)18-14(19)17-12-7-8-4-5-9(12)6-8/h1-3,8-9,12H,4-7H2,(H2,17,18,19)/t8-,9-,12-/m1/s1. The highest BCUT2D eigenvalue weighted by atomic mass is 32.1. The largest absolute Gasteiger partial charge is 0.359 e. The number of anilines is 1. The van der Waals surface area contributed by atoms with Gasteiger partial charge in [-0.3, -0.25) is 0 Å². The van der Waals surface area contributed by atoms with E-state index in [-0.39, 0.29) is 5.69 Å². The van der Waals surface area contributed by atoms with Gasteiger partial charge in [0.15, 0.2) is 5.11 Å². The number of benzene rings is 1. The Morgan fingerprint density at radius 2 is 1.89 bits per heavy atom. The second-order valence-electron chi connectivity index (χ2n) is 5.48. The molecule has 0 heterocycles. The predicted octanol–water partition coefficient (Wildman–Crippen LogP) is 3.44. The molecule has 2 fully saturated rings. The molecule has 19 heavy (non-hydrogen) atoms. The second-order valence-corrected chi connectivity index (χ2v) is 5.88. The van der Waals surface area contributed by atoms with Crippen molar-refractivity contribution >= 4 is 23.0 Å². The van der Waals surface area contributed by atoms with Gasteiger partial charge in [0.2, 0.25) is 0 Å². The van der Waals surface area contributed by atoms with Crippen LogP contribution in [0.15, 0.2) is 18.2 Å². The first-order valence-electron chi connectivity index (χ1n) is 6.65. The zero-order valence-electron chi connectivity index (χ0n) is 10.5. The van der Waals surface area contributed by atoms with Crippen LogP contribution in [0.5, 0.6) is 0 Å². The summed E-state index contributed by atoms with van der Waals surface area (Å²) >= 11 is 5.15. The van der Waals surface area contributed by atoms with Gasteiger partial charge in [-0.25, -0.2) is 8.78 Å². The number of rotatable bonds is 2. The zero-order chi connectivity index (χ0) is 13.4. The number of para-hydroxylation sites is 1. The van der Waals surface area contributed by atoms with Crippen molar-refractivity contribution in [2.24, 2.45) is 11.8 Å². The van der Waals surface area contributed by atoms with E-state index >= 15 is 0 Å². The van der Waals surface area contributed by atoms with E-state index in [1.807, 2.05) is 0 Å². The van der Waals surface area contributed by atoms with Crippen LogP contribution in [-0.4, -0.2) is 11.2 Å². The van der Waals surface area contributed by atoms with Gasteiger partial charge < -0.3 is 10.6 Å². The van der Waals surface area contributed by atoms with Gasteiger partial charge in [-0.2, -0.15) is 0 Å². The van der Waals surface area contributed by atoms with Crippen LogP contribution in [0.4, 0.5) is 14.5 Å². The van der Waals surface area contributed by atoms with Crippen molar-refractivity contribution in [1.29, 1.82) is 0 Å². The molecule has 2 aliphatic rings. The lowest BCUT2D eigenvalue weighted by Gasteiger charge is -2.24. The van der Waals surface area contributed by atoms with Crippen molar-refractivity contribution in [1.82, 2.24) is 5.32 Å². The van der Waals surface area contributed by atoms with Gasteiger partial charge in [0.05, 0.1) is 0 Å². The Bertz CT molecular complexity index is 486. The third-order valence-corrected chi connectivity index (χ3v) is 4.48. The summed E-state index contributed by atoms with van der Waals surface area (Å²) in [5.74, 6) is 0.208. The van der Waals surface area contributed by atoms with Crippen LogP contribution >= 0.6 is 12.2 Å². The lowest BCUT2D eigenvalue weighted by Crippen LogP contribution is -2.41. The first kappa shape index (κ1) is 12.8. The maximum atomic E-state index is 13.5. The number of halogens is 2. The molecule has 0 saturated heterocycles. The maximum Gasteiger partial charge on any atom is 0.171 e. The van der Waals surface area contributed by atoms with E-state index in [4.69, 9.17) is 12.2 Å². The Morgan fingerprint density at radius 1 is 1.16 bits per heavy atom. The molecule has 2 aliphatic carbocycles. The van der Waals surface area contributed by atoms with Crippen molar-refractivity contribution in [2.75, 3.05) is 5.32 Å². The van der Waals surface area contributed by atoms with Gasteiger partial charge in [0.25, 0.3) is 0 Å². The third kappa shape index (κ3) is 2.56. The molecule has 3 rings (SSSR count). The van der Waals surface area contributed by atoms with Crippen molar-refractivity contribution in [3.05, 3.63) is 29.8 Å². The third-order valence-electron chi connectivity index (χ3n) is 4.26. The molecule has 0 radical (unpaired) electrons. The van der Waals surface area contributed by atoms with Gasteiger partial charge in [-0.15, -0.1) is 0 Å². The molecule has 2 N–H and O–H groups in total. The summed E-state index contributed by atoms with van der Waals surface area (Å²) in [6, 6.07) is 4.12. The Labute approximate surface area is 116 Å². The molecule has 3 atom stereocenters. The minimum absolute atomic E-state index is 0.178. The Balaban J connectivity index is 1.62. The van der Waals surface area contributed by atoms with Crippen LogP contribution in [0.25, 0.3) is 0 Å². The predicted molar refractivity (Wildman–Crippen MR) is 75.0 cm³/mol. The lowest BCUT2D eigenvalue weighted by molar-refractivity contribution is 0.391. The van der Waals surface area contributed by atoms with Crippen LogP contribution in [0.3, 0.4) is 0 Å². The average molecular weight is 282 g/mol. The van der Waals surface area contributed by atoms with Crippen LogP contribution in [-0.2, 0) is 0 Å². The quantitative estimate of drug-likeness (QED) is 0.813. The van der Waals surface area contributed by atoms with E-state index in [2.05, 4.69) is 10.6 Å². The highest BCUT2D eigenvalue weighted by molar-refractivity contribution is 7.80. The zero-order valence-corrected chi connectivity index (χ0v) is 11.3. The number of hydrogen-bond acceptors (Lipinski definition) is 1. The fraction of sp³-hybridized carbons (Fsp3) is 0.500. The van der Waals surface area contributed by atoms with Gasteiger partial charge in [-0.1, -0.05) is 12.5 Å². The van der Waals surface area contributed by atoms with Crippen LogP contribution < -0.4 is 10.6 Å². The molecule has 2 nitrogen and oxygen atoms in total. The summed E-state index contributed by atoms with van der Waals surface area (Å²) in [6.07, 6.45) is 4.92. The molecule has 2 bridgehead atoms. The number of hydrogen-bond donors (Lipinski definition) is 2. The fourth-order valence-electron chi connectivity index (χ4n) is 3.36. The van der Waals surface area contributed by atoms with Crippen molar-refractivity contribution in [2.45, 2.75) is 31.7 Å². The SMILES string of the molecule is Fc1cccc(F)c1NC(=S)N[C@@H]1C[C@@H]2CC[C@@H]1C2. The molecule has 2 saturated carbocycles. The average Bonchev–Trinajstić information content (AvgIpc) is 2.96. The van der Waals surface area contributed by atoms with E-state index in [0.717, 1.165) is 12.3 Å². The molecular formula is C14H16F2N2S. The lowest BCUT2D eigenvalue weighted by atomic mass is 9.96. The van der Waals surface area contributed by atoms with Crippen LogP contribution in [0.1, 0.15) is 25.7 Å². The van der Waals surface area contributed by atoms with E-state index in [0.29, 0.717) is 17.1 Å². The van der Waals surface area contributed by atoms with Gasteiger partial charge >= 0.3 is 0 Å². The molecule has 0 unspecified atom stereocenters. The molecule has 5 heteroatoms. The Kier molecular flexibility index (Phi) is 3.39. The maximum absolute atomic E-state index is 13.5. The topological polar surface area (TPSA) is 24.1 Å². The smallest absolute Gasteiger partial charge is 0.171 e. The molecular weight excluding hydrogens is 266 g/mol. The minimum atomic E-state index is -0.628. The monoisotopic (exact) mass is 282 g/mol. The van der Waals surface area contributed by atoms with Gasteiger partial charge in [0.1, 0.15) is 17.3 Å². The highest BCUT2D eigenvalue weighted by Crippen LogP contribution is 2.44. The normalized spacial score (nSPS) is 28.4. The molecule has 1 aromatic rings. The number of thiocarbonyl (C=S) groups is 1. The van der Waals surface area contributed by atoms with Crippen molar-refractivity contribution in [3.63, 3.8) is 0 Å². The van der Waals surface area contributed by atoms with Crippen molar-refractivity contribution < 1.29 is 8.78 Å².